The van der Waals surface area contributed by atoms with Crippen molar-refractivity contribution in [2.24, 2.45) is 5.73 Å². The summed E-state index contributed by atoms with van der Waals surface area (Å²) in [5.41, 5.74) is 10.1. The van der Waals surface area contributed by atoms with E-state index in [-0.39, 0.29) is 12.0 Å². The molecule has 0 aliphatic carbocycles. The van der Waals surface area contributed by atoms with Crippen molar-refractivity contribution in [1.82, 2.24) is 0 Å². The first-order chi connectivity index (χ1) is 9.86. The molecular weight excluding hydrogens is 262 g/mol. The summed E-state index contributed by atoms with van der Waals surface area (Å²) < 4.78 is 4.96. The van der Waals surface area contributed by atoms with Crippen molar-refractivity contribution >= 4 is 5.97 Å². The third-order valence-corrected chi connectivity index (χ3v) is 3.76. The zero-order chi connectivity index (χ0) is 16.0. The monoisotopic (exact) mass is 291 g/mol. The molecule has 1 rings (SSSR count). The molecule has 2 N–H and O–H groups in total. The smallest absolute Gasteiger partial charge is 0.305 e. The van der Waals surface area contributed by atoms with E-state index in [1.807, 2.05) is 6.92 Å². The summed E-state index contributed by atoms with van der Waals surface area (Å²) in [6.45, 7) is 11.0. The summed E-state index contributed by atoms with van der Waals surface area (Å²) in [6, 6.07) is 6.42. The summed E-state index contributed by atoms with van der Waals surface area (Å²) in [6.07, 6.45) is 0.998. The summed E-state index contributed by atoms with van der Waals surface area (Å²) in [4.78, 5) is 11.5. The minimum Gasteiger partial charge on any atom is -0.466 e. The molecule has 0 saturated carbocycles. The minimum absolute atomic E-state index is 0.118. The van der Waals surface area contributed by atoms with Gasteiger partial charge in [0.05, 0.1) is 6.61 Å². The maximum absolute atomic E-state index is 11.5. The number of hydrogen-bond acceptors (Lipinski definition) is 3. The topological polar surface area (TPSA) is 52.3 Å². The fraction of sp³-hybridized carbons (Fsp3) is 0.611. The Labute approximate surface area is 128 Å². The van der Waals surface area contributed by atoms with E-state index in [4.69, 9.17) is 10.5 Å². The zero-order valence-electron chi connectivity index (χ0n) is 14.0. The minimum atomic E-state index is -0.169. The van der Waals surface area contributed by atoms with Crippen LogP contribution in [0.15, 0.2) is 18.2 Å². The molecule has 3 nitrogen and oxygen atoms in total. The second-order valence-electron chi connectivity index (χ2n) is 6.15. The van der Waals surface area contributed by atoms with Crippen LogP contribution in [0.1, 0.15) is 82.0 Å². The molecule has 0 spiro atoms. The van der Waals surface area contributed by atoms with Crippen LogP contribution in [0, 0.1) is 0 Å². The SMILES string of the molecule is CCOC(=O)CCC(N)c1ccc(C(C)C)cc1C(C)C. The number of rotatable bonds is 7. The third-order valence-electron chi connectivity index (χ3n) is 3.76. The van der Waals surface area contributed by atoms with Crippen molar-refractivity contribution < 1.29 is 9.53 Å². The van der Waals surface area contributed by atoms with Crippen molar-refractivity contribution in [2.75, 3.05) is 6.61 Å². The molecule has 0 aliphatic heterocycles. The molecule has 1 atom stereocenters. The first kappa shape index (κ1) is 17.7. The average Bonchev–Trinajstić information content (AvgIpc) is 2.44. The molecule has 1 aromatic carbocycles. The number of ether oxygens (including phenoxy) is 1. The van der Waals surface area contributed by atoms with Crippen LogP contribution >= 0.6 is 0 Å². The molecule has 0 heterocycles. The molecule has 118 valence electrons. The van der Waals surface area contributed by atoms with E-state index in [1.165, 1.54) is 11.1 Å². The molecule has 0 aliphatic rings. The van der Waals surface area contributed by atoms with Crippen molar-refractivity contribution in [2.45, 2.75) is 65.3 Å². The molecule has 0 fully saturated rings. The van der Waals surface area contributed by atoms with Gasteiger partial charge in [-0.1, -0.05) is 45.9 Å². The maximum Gasteiger partial charge on any atom is 0.305 e. The van der Waals surface area contributed by atoms with E-state index in [0.29, 0.717) is 31.3 Å². The van der Waals surface area contributed by atoms with Crippen LogP contribution in [0.4, 0.5) is 0 Å². The predicted octanol–water partition coefficient (Wildman–Crippen LogP) is 4.28. The van der Waals surface area contributed by atoms with E-state index in [9.17, 15) is 4.79 Å². The number of carbonyl (C=O) groups is 1. The van der Waals surface area contributed by atoms with Gasteiger partial charge in [0.1, 0.15) is 0 Å². The van der Waals surface area contributed by atoms with Gasteiger partial charge in [-0.3, -0.25) is 4.79 Å². The Hall–Kier alpha value is -1.35. The lowest BCUT2D eigenvalue weighted by Gasteiger charge is -2.20. The first-order valence-electron chi connectivity index (χ1n) is 7.91. The van der Waals surface area contributed by atoms with E-state index < -0.39 is 0 Å². The van der Waals surface area contributed by atoms with Gasteiger partial charge in [-0.25, -0.2) is 0 Å². The number of carbonyl (C=O) groups excluding carboxylic acids is 1. The Morgan fingerprint density at radius 1 is 1.14 bits per heavy atom. The van der Waals surface area contributed by atoms with Gasteiger partial charge in [0.2, 0.25) is 0 Å². The van der Waals surface area contributed by atoms with Crippen molar-refractivity contribution in [1.29, 1.82) is 0 Å². The molecule has 3 heteroatoms. The lowest BCUT2D eigenvalue weighted by Crippen LogP contribution is -2.16. The third kappa shape index (κ3) is 5.16. The fourth-order valence-corrected chi connectivity index (χ4v) is 2.45. The van der Waals surface area contributed by atoms with Crippen LogP contribution in [-0.4, -0.2) is 12.6 Å². The molecular formula is C18H29NO2. The molecule has 0 saturated heterocycles. The Bertz CT molecular complexity index is 466. The zero-order valence-corrected chi connectivity index (χ0v) is 14.0. The van der Waals surface area contributed by atoms with E-state index >= 15 is 0 Å². The number of hydrogen-bond donors (Lipinski definition) is 1. The van der Waals surface area contributed by atoms with Crippen molar-refractivity contribution in [3.63, 3.8) is 0 Å². The van der Waals surface area contributed by atoms with E-state index in [1.54, 1.807) is 0 Å². The quantitative estimate of drug-likeness (QED) is 0.763. The van der Waals surface area contributed by atoms with Crippen LogP contribution in [-0.2, 0) is 9.53 Å². The Morgan fingerprint density at radius 3 is 2.33 bits per heavy atom. The number of nitrogens with two attached hydrogens (primary N) is 1. The van der Waals surface area contributed by atoms with Crippen LogP contribution in [0.25, 0.3) is 0 Å². The fourth-order valence-electron chi connectivity index (χ4n) is 2.45. The van der Waals surface area contributed by atoms with E-state index in [2.05, 4.69) is 45.9 Å². The highest BCUT2D eigenvalue weighted by Gasteiger charge is 2.16. The Kier molecular flexibility index (Phi) is 6.90. The second-order valence-corrected chi connectivity index (χ2v) is 6.15. The molecule has 0 bridgehead atoms. The molecule has 0 radical (unpaired) electrons. The summed E-state index contributed by atoms with van der Waals surface area (Å²) in [5.74, 6) is 0.762. The van der Waals surface area contributed by atoms with Crippen LogP contribution in [0.5, 0.6) is 0 Å². The molecule has 1 aromatic rings. The van der Waals surface area contributed by atoms with Gasteiger partial charge in [0.15, 0.2) is 0 Å². The van der Waals surface area contributed by atoms with Gasteiger partial charge in [0.25, 0.3) is 0 Å². The second kappa shape index (κ2) is 8.18. The highest BCUT2D eigenvalue weighted by molar-refractivity contribution is 5.69. The van der Waals surface area contributed by atoms with E-state index in [0.717, 1.165) is 5.56 Å². The predicted molar refractivity (Wildman–Crippen MR) is 87.4 cm³/mol. The van der Waals surface area contributed by atoms with Crippen LogP contribution < -0.4 is 5.73 Å². The van der Waals surface area contributed by atoms with Gasteiger partial charge in [-0.15, -0.1) is 0 Å². The number of benzene rings is 1. The Balaban J connectivity index is 2.87. The summed E-state index contributed by atoms with van der Waals surface area (Å²) >= 11 is 0. The summed E-state index contributed by atoms with van der Waals surface area (Å²) in [5, 5.41) is 0. The molecule has 0 amide bonds. The van der Waals surface area contributed by atoms with Crippen LogP contribution in [0.2, 0.25) is 0 Å². The first-order valence-corrected chi connectivity index (χ1v) is 7.91. The van der Waals surface area contributed by atoms with Gasteiger partial charge < -0.3 is 10.5 Å². The molecule has 1 unspecified atom stereocenters. The van der Waals surface area contributed by atoms with Gasteiger partial charge in [-0.05, 0) is 41.9 Å². The molecule has 0 aromatic heterocycles. The van der Waals surface area contributed by atoms with Gasteiger partial charge in [-0.2, -0.15) is 0 Å². The number of esters is 1. The maximum atomic E-state index is 11.5. The van der Waals surface area contributed by atoms with Crippen LogP contribution in [0.3, 0.4) is 0 Å². The standard InChI is InChI=1S/C18H29NO2/c1-6-21-18(20)10-9-17(19)15-8-7-14(12(2)3)11-16(15)13(4)5/h7-8,11-13,17H,6,9-10,19H2,1-5H3. The highest BCUT2D eigenvalue weighted by Crippen LogP contribution is 2.29. The average molecular weight is 291 g/mol. The highest BCUT2D eigenvalue weighted by atomic mass is 16.5. The van der Waals surface area contributed by atoms with Gasteiger partial charge >= 0.3 is 5.97 Å². The molecule has 21 heavy (non-hydrogen) atoms. The lowest BCUT2D eigenvalue weighted by molar-refractivity contribution is -0.143. The largest absolute Gasteiger partial charge is 0.466 e. The van der Waals surface area contributed by atoms with Gasteiger partial charge in [0, 0.05) is 12.5 Å². The normalized spacial score (nSPS) is 12.8. The van der Waals surface area contributed by atoms with Crippen molar-refractivity contribution in [3.8, 4) is 0 Å². The summed E-state index contributed by atoms with van der Waals surface area (Å²) in [7, 11) is 0. The van der Waals surface area contributed by atoms with Crippen molar-refractivity contribution in [3.05, 3.63) is 34.9 Å². The lowest BCUT2D eigenvalue weighted by atomic mass is 9.87. The Morgan fingerprint density at radius 2 is 1.81 bits per heavy atom.